The van der Waals surface area contributed by atoms with Crippen LogP contribution in [-0.4, -0.2) is 20.7 Å². The average Bonchev–Trinajstić information content (AvgIpc) is 2.53. The highest BCUT2D eigenvalue weighted by molar-refractivity contribution is 7.99. The third-order valence-electron chi connectivity index (χ3n) is 1.86. The van der Waals surface area contributed by atoms with E-state index < -0.39 is 0 Å². The van der Waals surface area contributed by atoms with Crippen LogP contribution in [0.5, 0.6) is 0 Å². The number of nitrogen functional groups attached to an aromatic ring is 1. The minimum Gasteiger partial charge on any atom is -0.368 e. The third kappa shape index (κ3) is 2.03. The summed E-state index contributed by atoms with van der Waals surface area (Å²) in [6.45, 7) is 0. The quantitative estimate of drug-likeness (QED) is 0.774. The minimum atomic E-state index is 0.190. The number of halogens is 1. The molecule has 2 rings (SSSR count). The standard InChI is InChI=1S/C7H9ClN4S/c8-6-10-5(11-7(9)12-6)4-2-1-3-13-4/h4H,1-3H2,(H2,9,10,11,12). The maximum atomic E-state index is 5.68. The molecular formula is C7H9ClN4S. The lowest BCUT2D eigenvalue weighted by Crippen LogP contribution is -2.04. The summed E-state index contributed by atoms with van der Waals surface area (Å²) >= 11 is 7.52. The van der Waals surface area contributed by atoms with Gasteiger partial charge < -0.3 is 5.73 Å². The highest BCUT2D eigenvalue weighted by atomic mass is 35.5. The fourth-order valence-corrected chi connectivity index (χ4v) is 2.69. The first kappa shape index (κ1) is 9.02. The van der Waals surface area contributed by atoms with Crippen LogP contribution in [0.2, 0.25) is 5.28 Å². The molecular weight excluding hydrogens is 208 g/mol. The molecule has 0 bridgehead atoms. The molecule has 2 N–H and O–H groups in total. The molecule has 4 nitrogen and oxygen atoms in total. The lowest BCUT2D eigenvalue weighted by Gasteiger charge is -2.06. The molecule has 0 aliphatic carbocycles. The second-order valence-electron chi connectivity index (χ2n) is 2.82. The molecule has 13 heavy (non-hydrogen) atoms. The first-order valence-corrected chi connectivity index (χ1v) is 5.47. The van der Waals surface area contributed by atoms with E-state index in [0.29, 0.717) is 5.25 Å². The van der Waals surface area contributed by atoms with Crippen molar-refractivity contribution in [2.45, 2.75) is 18.1 Å². The normalized spacial score (nSPS) is 22.1. The molecule has 0 radical (unpaired) electrons. The maximum Gasteiger partial charge on any atom is 0.227 e. The highest BCUT2D eigenvalue weighted by Gasteiger charge is 2.21. The van der Waals surface area contributed by atoms with E-state index in [4.69, 9.17) is 17.3 Å². The van der Waals surface area contributed by atoms with Gasteiger partial charge in [0, 0.05) is 0 Å². The Bertz CT molecular complexity index is 293. The summed E-state index contributed by atoms with van der Waals surface area (Å²) in [6, 6.07) is 0. The number of nitrogens with zero attached hydrogens (tertiary/aromatic N) is 3. The van der Waals surface area contributed by atoms with Crippen molar-refractivity contribution in [3.05, 3.63) is 11.1 Å². The number of rotatable bonds is 1. The van der Waals surface area contributed by atoms with Crippen LogP contribution >= 0.6 is 23.4 Å². The Morgan fingerprint density at radius 1 is 1.38 bits per heavy atom. The Labute approximate surface area is 85.3 Å². The first-order chi connectivity index (χ1) is 6.25. The molecule has 1 aromatic rings. The van der Waals surface area contributed by atoms with Gasteiger partial charge in [-0.05, 0) is 30.2 Å². The van der Waals surface area contributed by atoms with Crippen LogP contribution in [0.1, 0.15) is 23.9 Å². The predicted octanol–water partition coefficient (Wildman–Crippen LogP) is 1.68. The van der Waals surface area contributed by atoms with E-state index in [2.05, 4.69) is 15.0 Å². The van der Waals surface area contributed by atoms with Gasteiger partial charge >= 0.3 is 0 Å². The number of aromatic nitrogens is 3. The Kier molecular flexibility index (Phi) is 2.55. The van der Waals surface area contributed by atoms with Crippen molar-refractivity contribution in [1.29, 1.82) is 0 Å². The number of thioether (sulfide) groups is 1. The zero-order valence-corrected chi connectivity index (χ0v) is 8.48. The fourth-order valence-electron chi connectivity index (χ4n) is 1.31. The number of hydrogen-bond acceptors (Lipinski definition) is 5. The van der Waals surface area contributed by atoms with E-state index in [-0.39, 0.29) is 11.2 Å². The van der Waals surface area contributed by atoms with Gasteiger partial charge in [0.1, 0.15) is 5.82 Å². The summed E-state index contributed by atoms with van der Waals surface area (Å²) in [4.78, 5) is 11.8. The van der Waals surface area contributed by atoms with Crippen LogP contribution in [0.15, 0.2) is 0 Å². The van der Waals surface area contributed by atoms with E-state index in [0.717, 1.165) is 18.0 Å². The summed E-state index contributed by atoms with van der Waals surface area (Å²) in [7, 11) is 0. The van der Waals surface area contributed by atoms with Gasteiger partial charge in [0.05, 0.1) is 5.25 Å². The van der Waals surface area contributed by atoms with E-state index in [1.165, 1.54) is 6.42 Å². The average molecular weight is 217 g/mol. The molecule has 1 unspecified atom stereocenters. The highest BCUT2D eigenvalue weighted by Crippen LogP contribution is 2.38. The van der Waals surface area contributed by atoms with Crippen molar-refractivity contribution >= 4 is 29.3 Å². The molecule has 1 aromatic heterocycles. The zero-order chi connectivity index (χ0) is 9.26. The Morgan fingerprint density at radius 2 is 2.23 bits per heavy atom. The monoisotopic (exact) mass is 216 g/mol. The van der Waals surface area contributed by atoms with Gasteiger partial charge in [-0.3, -0.25) is 0 Å². The molecule has 0 spiro atoms. The Hall–Kier alpha value is -0.550. The second-order valence-corrected chi connectivity index (χ2v) is 4.47. The van der Waals surface area contributed by atoms with Gasteiger partial charge in [-0.2, -0.15) is 21.7 Å². The molecule has 0 amide bonds. The van der Waals surface area contributed by atoms with Crippen molar-refractivity contribution in [1.82, 2.24) is 15.0 Å². The SMILES string of the molecule is Nc1nc(Cl)nc(C2CCCS2)n1. The molecule has 1 aliphatic heterocycles. The summed E-state index contributed by atoms with van der Waals surface area (Å²) in [5.74, 6) is 2.09. The lowest BCUT2D eigenvalue weighted by atomic mass is 10.2. The van der Waals surface area contributed by atoms with Gasteiger partial charge in [0.15, 0.2) is 0 Å². The summed E-state index contributed by atoms with van der Waals surface area (Å²) in [5.41, 5.74) is 5.47. The van der Waals surface area contributed by atoms with Crippen molar-refractivity contribution in [2.75, 3.05) is 11.5 Å². The summed E-state index contributed by atoms with van der Waals surface area (Å²) < 4.78 is 0. The van der Waals surface area contributed by atoms with Crippen LogP contribution in [-0.2, 0) is 0 Å². The van der Waals surface area contributed by atoms with E-state index >= 15 is 0 Å². The second kappa shape index (κ2) is 3.67. The molecule has 1 saturated heterocycles. The van der Waals surface area contributed by atoms with Gasteiger partial charge in [-0.15, -0.1) is 0 Å². The molecule has 70 valence electrons. The van der Waals surface area contributed by atoms with Gasteiger partial charge in [-0.25, -0.2) is 4.98 Å². The molecule has 1 fully saturated rings. The predicted molar refractivity (Wildman–Crippen MR) is 53.7 cm³/mol. The largest absolute Gasteiger partial charge is 0.368 e. The molecule has 1 atom stereocenters. The van der Waals surface area contributed by atoms with Crippen LogP contribution in [0.25, 0.3) is 0 Å². The maximum absolute atomic E-state index is 5.68. The Balaban J connectivity index is 2.28. The van der Waals surface area contributed by atoms with E-state index in [1.54, 1.807) is 0 Å². The van der Waals surface area contributed by atoms with Gasteiger partial charge in [0.25, 0.3) is 0 Å². The summed E-state index contributed by atoms with van der Waals surface area (Å²) in [5, 5.41) is 0.540. The lowest BCUT2D eigenvalue weighted by molar-refractivity contribution is 0.770. The molecule has 1 aliphatic rings. The fraction of sp³-hybridized carbons (Fsp3) is 0.571. The molecule has 2 heterocycles. The van der Waals surface area contributed by atoms with E-state index in [9.17, 15) is 0 Å². The molecule has 0 saturated carbocycles. The number of anilines is 1. The minimum absolute atomic E-state index is 0.190. The van der Waals surface area contributed by atoms with Crippen LogP contribution in [0, 0.1) is 0 Å². The van der Waals surface area contributed by atoms with Crippen molar-refractivity contribution in [3.63, 3.8) is 0 Å². The van der Waals surface area contributed by atoms with Crippen LogP contribution in [0.3, 0.4) is 0 Å². The Morgan fingerprint density at radius 3 is 2.85 bits per heavy atom. The van der Waals surface area contributed by atoms with E-state index in [1.807, 2.05) is 11.8 Å². The third-order valence-corrected chi connectivity index (χ3v) is 3.40. The summed E-state index contributed by atoms with van der Waals surface area (Å²) in [6.07, 6.45) is 2.31. The van der Waals surface area contributed by atoms with Crippen LogP contribution < -0.4 is 5.73 Å². The number of hydrogen-bond donors (Lipinski definition) is 1. The van der Waals surface area contributed by atoms with Gasteiger partial charge in [-0.1, -0.05) is 0 Å². The van der Waals surface area contributed by atoms with Gasteiger partial charge in [0.2, 0.25) is 11.2 Å². The van der Waals surface area contributed by atoms with Crippen LogP contribution in [0.4, 0.5) is 5.95 Å². The molecule has 0 aromatic carbocycles. The smallest absolute Gasteiger partial charge is 0.227 e. The molecule has 6 heteroatoms. The van der Waals surface area contributed by atoms with Crippen molar-refractivity contribution in [2.24, 2.45) is 0 Å². The van der Waals surface area contributed by atoms with Crippen molar-refractivity contribution in [3.8, 4) is 0 Å². The number of nitrogens with two attached hydrogens (primary N) is 1. The first-order valence-electron chi connectivity index (χ1n) is 4.04. The topological polar surface area (TPSA) is 64.7 Å². The zero-order valence-electron chi connectivity index (χ0n) is 6.90. The van der Waals surface area contributed by atoms with Crippen molar-refractivity contribution < 1.29 is 0 Å².